The molecule has 0 spiro atoms. The molecule has 2 aromatic carbocycles. The molecule has 0 fully saturated rings. The molecule has 0 saturated heterocycles. The van der Waals surface area contributed by atoms with Gasteiger partial charge in [0, 0.05) is 16.6 Å². The Morgan fingerprint density at radius 2 is 1.74 bits per heavy atom. The van der Waals surface area contributed by atoms with E-state index >= 15 is 0 Å². The molecule has 0 unspecified atom stereocenters. The van der Waals surface area contributed by atoms with Crippen LogP contribution in [0.4, 0.5) is 5.69 Å². The van der Waals surface area contributed by atoms with Crippen LogP contribution >= 0.6 is 11.3 Å². The monoisotopic (exact) mass is 489 g/mol. The first kappa shape index (κ1) is 21.7. The van der Waals surface area contributed by atoms with Crippen LogP contribution in [-0.2, 0) is 24.2 Å². The number of para-hydroxylation sites is 1. The first-order valence-corrected chi connectivity index (χ1v) is 12.5. The maximum atomic E-state index is 13.6. The Balaban J connectivity index is 1.43. The summed E-state index contributed by atoms with van der Waals surface area (Å²) < 4.78 is 13.7. The van der Waals surface area contributed by atoms with Crippen LogP contribution in [0.2, 0.25) is 0 Å². The number of nitrogens with zero attached hydrogens (tertiary/aromatic N) is 2. The van der Waals surface area contributed by atoms with E-state index in [2.05, 4.69) is 5.32 Å². The number of thiophene rings is 1. The number of aryl methyl sites for hydroxylation is 2. The van der Waals surface area contributed by atoms with Crippen molar-refractivity contribution in [1.29, 1.82) is 0 Å². The van der Waals surface area contributed by atoms with Crippen molar-refractivity contribution < 1.29 is 14.3 Å². The van der Waals surface area contributed by atoms with Gasteiger partial charge < -0.3 is 14.8 Å². The average Bonchev–Trinajstić information content (AvgIpc) is 3.27. The van der Waals surface area contributed by atoms with Crippen molar-refractivity contribution in [3.05, 3.63) is 79.8 Å². The Bertz CT molecular complexity index is 1570. The molecule has 35 heavy (non-hydrogen) atoms. The van der Waals surface area contributed by atoms with Crippen molar-refractivity contribution in [3.63, 3.8) is 0 Å². The van der Waals surface area contributed by atoms with Gasteiger partial charge in [0.1, 0.15) is 24.6 Å². The van der Waals surface area contributed by atoms with Crippen LogP contribution in [0.15, 0.2) is 58.1 Å². The molecule has 1 N–H and O–H groups in total. The second-order valence-electron chi connectivity index (χ2n) is 8.64. The lowest BCUT2D eigenvalue weighted by molar-refractivity contribution is -0.116. The van der Waals surface area contributed by atoms with E-state index in [0.29, 0.717) is 46.3 Å². The Labute approximate surface area is 204 Å². The summed E-state index contributed by atoms with van der Waals surface area (Å²) in [6, 6.07) is 14.1. The number of aromatic nitrogens is 2. The highest BCUT2D eigenvalue weighted by atomic mass is 32.1. The van der Waals surface area contributed by atoms with Crippen molar-refractivity contribution in [2.75, 3.05) is 18.5 Å². The Kier molecular flexibility index (Phi) is 5.41. The molecule has 1 amide bonds. The summed E-state index contributed by atoms with van der Waals surface area (Å²) in [5, 5.41) is 3.41. The smallest absolute Gasteiger partial charge is 0.337 e. The average molecular weight is 490 g/mol. The van der Waals surface area contributed by atoms with E-state index in [1.807, 2.05) is 6.07 Å². The summed E-state index contributed by atoms with van der Waals surface area (Å²) in [5.74, 6) is 0.832. The van der Waals surface area contributed by atoms with Gasteiger partial charge in [-0.25, -0.2) is 9.36 Å². The van der Waals surface area contributed by atoms with Gasteiger partial charge in [0.05, 0.1) is 11.1 Å². The number of anilines is 1. The molecule has 178 valence electrons. The third-order valence-electron chi connectivity index (χ3n) is 6.38. The minimum atomic E-state index is -0.523. The number of amides is 1. The summed E-state index contributed by atoms with van der Waals surface area (Å²) in [4.78, 5) is 42.0. The quantitative estimate of drug-likeness (QED) is 0.474. The molecular weight excluding hydrogens is 466 g/mol. The first-order valence-electron chi connectivity index (χ1n) is 11.6. The van der Waals surface area contributed by atoms with Crippen LogP contribution in [0, 0.1) is 0 Å². The van der Waals surface area contributed by atoms with Crippen molar-refractivity contribution >= 4 is 33.1 Å². The van der Waals surface area contributed by atoms with Crippen LogP contribution in [0.1, 0.15) is 23.3 Å². The lowest BCUT2D eigenvalue weighted by Crippen LogP contribution is -2.40. The largest absolute Gasteiger partial charge is 0.486 e. The van der Waals surface area contributed by atoms with Crippen LogP contribution < -0.4 is 26.0 Å². The minimum absolute atomic E-state index is 0.212. The summed E-state index contributed by atoms with van der Waals surface area (Å²) in [6.07, 6.45) is 3.76. The number of ether oxygens (including phenoxy) is 2. The lowest BCUT2D eigenvalue weighted by Gasteiger charge is -2.19. The van der Waals surface area contributed by atoms with E-state index in [4.69, 9.17) is 9.47 Å². The van der Waals surface area contributed by atoms with Crippen molar-refractivity contribution in [2.45, 2.75) is 32.2 Å². The fourth-order valence-electron chi connectivity index (χ4n) is 4.78. The SMILES string of the molecule is O=C(Cn1c(=O)n(-c2ccccc2)c(=O)c2c3c(sc21)CCCC3)Nc1ccc2c(c1)OCCO2. The second kappa shape index (κ2) is 8.74. The fourth-order valence-corrected chi connectivity index (χ4v) is 6.15. The Morgan fingerprint density at radius 1 is 0.971 bits per heavy atom. The molecule has 0 radical (unpaired) electrons. The molecule has 4 aromatic rings. The zero-order chi connectivity index (χ0) is 23.9. The maximum absolute atomic E-state index is 13.6. The van der Waals surface area contributed by atoms with E-state index in [1.54, 1.807) is 42.5 Å². The van der Waals surface area contributed by atoms with Crippen LogP contribution in [-0.4, -0.2) is 28.3 Å². The van der Waals surface area contributed by atoms with Crippen LogP contribution in [0.3, 0.4) is 0 Å². The van der Waals surface area contributed by atoms with E-state index in [-0.39, 0.29) is 18.0 Å². The molecule has 2 aliphatic rings. The van der Waals surface area contributed by atoms with Gasteiger partial charge in [-0.05, 0) is 55.5 Å². The molecule has 1 aliphatic carbocycles. The number of nitrogens with one attached hydrogen (secondary N) is 1. The van der Waals surface area contributed by atoms with Gasteiger partial charge in [0.25, 0.3) is 5.56 Å². The highest BCUT2D eigenvalue weighted by Gasteiger charge is 2.25. The molecule has 0 atom stereocenters. The fraction of sp³-hybridized carbons (Fsp3) is 0.269. The van der Waals surface area contributed by atoms with Crippen molar-refractivity contribution in [1.82, 2.24) is 9.13 Å². The first-order chi connectivity index (χ1) is 17.1. The van der Waals surface area contributed by atoms with Gasteiger partial charge in [-0.1, -0.05) is 18.2 Å². The van der Waals surface area contributed by atoms with E-state index < -0.39 is 5.69 Å². The highest BCUT2D eigenvalue weighted by Crippen LogP contribution is 2.35. The zero-order valence-corrected chi connectivity index (χ0v) is 19.7. The molecular formula is C26H23N3O5S. The Hall–Kier alpha value is -3.85. The number of carbonyl (C=O) groups excluding carboxylic acids is 1. The number of hydrogen-bond acceptors (Lipinski definition) is 6. The standard InChI is InChI=1S/C26H23N3O5S/c30-22(27-16-10-11-19-20(14-16)34-13-12-33-19)15-28-25-23(18-8-4-5-9-21(18)35-25)24(31)29(26(28)32)17-6-2-1-3-7-17/h1-3,6-7,10-11,14H,4-5,8-9,12-13,15H2,(H,27,30). The molecule has 8 nitrogen and oxygen atoms in total. The number of fused-ring (bicyclic) bond motifs is 4. The van der Waals surface area contributed by atoms with Crippen LogP contribution in [0.25, 0.3) is 15.9 Å². The Morgan fingerprint density at radius 3 is 2.57 bits per heavy atom. The summed E-state index contributed by atoms with van der Waals surface area (Å²) >= 11 is 1.46. The van der Waals surface area contributed by atoms with E-state index in [0.717, 1.165) is 36.1 Å². The summed E-state index contributed by atoms with van der Waals surface area (Å²) in [7, 11) is 0. The van der Waals surface area contributed by atoms with Gasteiger partial charge >= 0.3 is 5.69 Å². The van der Waals surface area contributed by atoms with Gasteiger partial charge in [-0.15, -0.1) is 11.3 Å². The minimum Gasteiger partial charge on any atom is -0.486 e. The van der Waals surface area contributed by atoms with Gasteiger partial charge in [0.2, 0.25) is 5.91 Å². The molecule has 0 saturated carbocycles. The molecule has 0 bridgehead atoms. The second-order valence-corrected chi connectivity index (χ2v) is 9.73. The highest BCUT2D eigenvalue weighted by molar-refractivity contribution is 7.18. The summed E-state index contributed by atoms with van der Waals surface area (Å²) in [5.41, 5.74) is 1.21. The van der Waals surface area contributed by atoms with Gasteiger partial charge in [-0.2, -0.15) is 0 Å². The maximum Gasteiger partial charge on any atom is 0.337 e. The van der Waals surface area contributed by atoms with Crippen LogP contribution in [0.5, 0.6) is 11.5 Å². The zero-order valence-electron chi connectivity index (χ0n) is 18.9. The normalized spacial score (nSPS) is 14.5. The third-order valence-corrected chi connectivity index (χ3v) is 7.69. The number of rotatable bonds is 4. The third kappa shape index (κ3) is 3.81. The predicted octanol–water partition coefficient (Wildman–Crippen LogP) is 3.50. The molecule has 2 aromatic heterocycles. The molecule has 9 heteroatoms. The van der Waals surface area contributed by atoms with Gasteiger partial charge in [0.15, 0.2) is 11.5 Å². The van der Waals surface area contributed by atoms with Gasteiger partial charge in [-0.3, -0.25) is 14.2 Å². The van der Waals surface area contributed by atoms with Crippen molar-refractivity contribution in [2.24, 2.45) is 0 Å². The van der Waals surface area contributed by atoms with Crippen molar-refractivity contribution in [3.8, 4) is 17.2 Å². The number of benzene rings is 2. The molecule has 6 rings (SSSR count). The van der Waals surface area contributed by atoms with E-state index in [1.165, 1.54) is 20.5 Å². The number of carbonyl (C=O) groups is 1. The number of hydrogen-bond donors (Lipinski definition) is 1. The molecule has 3 heterocycles. The van der Waals surface area contributed by atoms with E-state index in [9.17, 15) is 14.4 Å². The lowest BCUT2D eigenvalue weighted by atomic mass is 9.97. The molecule has 1 aliphatic heterocycles. The topological polar surface area (TPSA) is 91.6 Å². The predicted molar refractivity (Wildman–Crippen MR) is 134 cm³/mol. The summed E-state index contributed by atoms with van der Waals surface area (Å²) in [6.45, 7) is 0.720.